The van der Waals surface area contributed by atoms with E-state index in [-0.39, 0.29) is 30.3 Å². The molecule has 3 heterocycles. The Morgan fingerprint density at radius 2 is 2.03 bits per heavy atom. The summed E-state index contributed by atoms with van der Waals surface area (Å²) in [5.74, 6) is 0.849. The molecule has 0 aliphatic carbocycles. The Morgan fingerprint density at radius 1 is 1.20 bits per heavy atom. The Bertz CT molecular complexity index is 1470. The summed E-state index contributed by atoms with van der Waals surface area (Å²) in [5, 5.41) is 14.9. The molecule has 0 radical (unpaired) electrons. The van der Waals surface area contributed by atoms with Crippen molar-refractivity contribution < 1.29 is 9.84 Å². The highest BCUT2D eigenvalue weighted by Gasteiger charge is 2.21. The van der Waals surface area contributed by atoms with Gasteiger partial charge in [0.25, 0.3) is 5.56 Å². The summed E-state index contributed by atoms with van der Waals surface area (Å²) >= 11 is 0. The van der Waals surface area contributed by atoms with Gasteiger partial charge in [-0.2, -0.15) is 10.1 Å². The van der Waals surface area contributed by atoms with Crippen molar-refractivity contribution in [1.29, 1.82) is 0 Å². The Morgan fingerprint density at radius 3 is 2.77 bits per heavy atom. The fourth-order valence-electron chi connectivity index (χ4n) is 3.64. The molecule has 35 heavy (non-hydrogen) atoms. The standard InChI is InChI=1S/C24H27N7O4/c1-4-16-7-5-9-19(11-16)35-15-18(32)14-31-20-21(29(2)24(34)30(3)22(20)33)27-23(31)28-26-13-17-8-6-10-25-12-17/h5-13,18,32H,4,14-15H2,1-3H3,(H,27,28)/b26-13-/t18-/m1/s1. The smallest absolute Gasteiger partial charge is 0.332 e. The van der Waals surface area contributed by atoms with Gasteiger partial charge in [-0.25, -0.2) is 10.2 Å². The second kappa shape index (κ2) is 10.3. The molecular weight excluding hydrogens is 450 g/mol. The molecular formula is C24H27N7O4. The molecule has 0 bridgehead atoms. The number of aliphatic hydroxyl groups is 1. The van der Waals surface area contributed by atoms with E-state index in [1.54, 1.807) is 24.7 Å². The van der Waals surface area contributed by atoms with Crippen molar-refractivity contribution in [2.24, 2.45) is 19.2 Å². The number of imidazole rings is 1. The van der Waals surface area contributed by atoms with Crippen LogP contribution in [0.25, 0.3) is 11.2 Å². The van der Waals surface area contributed by atoms with Crippen molar-refractivity contribution >= 4 is 23.3 Å². The topological polar surface area (TPSA) is 129 Å². The molecule has 182 valence electrons. The van der Waals surface area contributed by atoms with Crippen LogP contribution in [0.5, 0.6) is 5.75 Å². The molecule has 0 saturated heterocycles. The third kappa shape index (κ3) is 5.14. The Hall–Kier alpha value is -4.25. The van der Waals surface area contributed by atoms with E-state index in [0.29, 0.717) is 5.75 Å². The van der Waals surface area contributed by atoms with E-state index in [9.17, 15) is 14.7 Å². The molecule has 11 heteroatoms. The lowest BCUT2D eigenvalue weighted by Gasteiger charge is -2.15. The maximum atomic E-state index is 13.0. The van der Waals surface area contributed by atoms with Gasteiger partial charge in [-0.1, -0.05) is 25.1 Å². The first-order valence-electron chi connectivity index (χ1n) is 11.1. The predicted molar refractivity (Wildman–Crippen MR) is 133 cm³/mol. The second-order valence-electron chi connectivity index (χ2n) is 8.05. The number of aryl methyl sites for hydroxylation is 2. The molecule has 2 N–H and O–H groups in total. The van der Waals surface area contributed by atoms with Crippen LogP contribution in [0, 0.1) is 0 Å². The number of ether oxygens (including phenoxy) is 1. The largest absolute Gasteiger partial charge is 0.491 e. The van der Waals surface area contributed by atoms with E-state index >= 15 is 0 Å². The van der Waals surface area contributed by atoms with Crippen LogP contribution < -0.4 is 21.4 Å². The molecule has 0 unspecified atom stereocenters. The zero-order chi connectivity index (χ0) is 24.9. The molecule has 0 aliphatic rings. The fraction of sp³-hybridized carbons (Fsp3) is 0.292. The van der Waals surface area contributed by atoms with Crippen molar-refractivity contribution in [3.05, 3.63) is 80.8 Å². The number of anilines is 1. The van der Waals surface area contributed by atoms with Gasteiger partial charge in [0.15, 0.2) is 11.2 Å². The molecule has 4 aromatic rings. The van der Waals surface area contributed by atoms with Crippen LogP contribution in [-0.2, 0) is 27.1 Å². The first-order valence-corrected chi connectivity index (χ1v) is 11.1. The van der Waals surface area contributed by atoms with Crippen LogP contribution in [0.3, 0.4) is 0 Å². The van der Waals surface area contributed by atoms with Gasteiger partial charge in [-0.3, -0.25) is 18.9 Å². The predicted octanol–water partition coefficient (Wildman–Crippen LogP) is 1.28. The number of nitrogens with zero attached hydrogens (tertiary/aromatic N) is 6. The number of rotatable bonds is 9. The number of hydrogen-bond acceptors (Lipinski definition) is 8. The zero-order valence-electron chi connectivity index (χ0n) is 19.8. The molecule has 1 aromatic carbocycles. The summed E-state index contributed by atoms with van der Waals surface area (Å²) < 4.78 is 9.56. The van der Waals surface area contributed by atoms with Crippen LogP contribution in [0.1, 0.15) is 18.1 Å². The number of hydrazone groups is 1. The van der Waals surface area contributed by atoms with E-state index in [4.69, 9.17) is 4.74 Å². The van der Waals surface area contributed by atoms with Crippen LogP contribution in [0.15, 0.2) is 63.5 Å². The number of pyridine rings is 1. The number of fused-ring (bicyclic) bond motifs is 1. The highest BCUT2D eigenvalue weighted by atomic mass is 16.5. The van der Waals surface area contributed by atoms with E-state index in [1.807, 2.05) is 30.3 Å². The van der Waals surface area contributed by atoms with E-state index in [1.165, 1.54) is 23.2 Å². The molecule has 4 rings (SSSR count). The van der Waals surface area contributed by atoms with Gasteiger partial charge in [0, 0.05) is 32.1 Å². The first-order chi connectivity index (χ1) is 16.9. The van der Waals surface area contributed by atoms with Crippen molar-refractivity contribution in [1.82, 2.24) is 23.7 Å². The lowest BCUT2D eigenvalue weighted by atomic mass is 10.2. The Balaban J connectivity index is 1.64. The van der Waals surface area contributed by atoms with Gasteiger partial charge in [-0.05, 0) is 30.2 Å². The molecule has 0 spiro atoms. The number of aliphatic hydroxyl groups excluding tert-OH is 1. The van der Waals surface area contributed by atoms with Crippen LogP contribution in [0.4, 0.5) is 5.95 Å². The highest BCUT2D eigenvalue weighted by Crippen LogP contribution is 2.18. The average Bonchev–Trinajstić information content (AvgIpc) is 3.23. The number of hydrogen-bond donors (Lipinski definition) is 2. The molecule has 1 atom stereocenters. The monoisotopic (exact) mass is 477 g/mol. The van der Waals surface area contributed by atoms with Gasteiger partial charge < -0.3 is 14.4 Å². The summed E-state index contributed by atoms with van der Waals surface area (Å²) in [6.07, 6.45) is 4.75. The molecule has 3 aromatic heterocycles. The summed E-state index contributed by atoms with van der Waals surface area (Å²) in [6, 6.07) is 11.3. The van der Waals surface area contributed by atoms with Crippen LogP contribution in [0.2, 0.25) is 0 Å². The van der Waals surface area contributed by atoms with E-state index < -0.39 is 17.4 Å². The zero-order valence-corrected chi connectivity index (χ0v) is 19.8. The quantitative estimate of drug-likeness (QED) is 0.274. The second-order valence-corrected chi connectivity index (χ2v) is 8.05. The van der Waals surface area contributed by atoms with Crippen LogP contribution >= 0.6 is 0 Å². The summed E-state index contributed by atoms with van der Waals surface area (Å²) in [6.45, 7) is 2.04. The molecule has 0 aliphatic heterocycles. The number of nitrogens with one attached hydrogen (secondary N) is 1. The molecule has 0 saturated carbocycles. The van der Waals surface area contributed by atoms with Crippen molar-refractivity contribution in [3.63, 3.8) is 0 Å². The molecule has 11 nitrogen and oxygen atoms in total. The van der Waals surface area contributed by atoms with Crippen molar-refractivity contribution in [2.45, 2.75) is 26.0 Å². The maximum absolute atomic E-state index is 13.0. The van der Waals surface area contributed by atoms with E-state index in [2.05, 4.69) is 27.4 Å². The third-order valence-electron chi connectivity index (χ3n) is 5.55. The summed E-state index contributed by atoms with van der Waals surface area (Å²) in [5.41, 5.74) is 4.02. The van der Waals surface area contributed by atoms with Gasteiger partial charge in [0.1, 0.15) is 18.5 Å². The first kappa shape index (κ1) is 23.9. The lowest BCUT2D eigenvalue weighted by Crippen LogP contribution is -2.38. The lowest BCUT2D eigenvalue weighted by molar-refractivity contribution is 0.0938. The third-order valence-corrected chi connectivity index (χ3v) is 5.55. The van der Waals surface area contributed by atoms with Gasteiger partial charge in [-0.15, -0.1) is 0 Å². The minimum Gasteiger partial charge on any atom is -0.491 e. The summed E-state index contributed by atoms with van der Waals surface area (Å²) in [4.78, 5) is 33.8. The van der Waals surface area contributed by atoms with Gasteiger partial charge in [0.05, 0.1) is 12.8 Å². The van der Waals surface area contributed by atoms with Crippen molar-refractivity contribution in [2.75, 3.05) is 12.0 Å². The number of aromatic nitrogens is 5. The molecule has 0 amide bonds. The maximum Gasteiger partial charge on any atom is 0.332 e. The normalized spacial score (nSPS) is 12.3. The fourth-order valence-corrected chi connectivity index (χ4v) is 3.64. The van der Waals surface area contributed by atoms with Crippen LogP contribution in [-0.4, -0.2) is 47.7 Å². The van der Waals surface area contributed by atoms with Gasteiger partial charge >= 0.3 is 5.69 Å². The number of benzene rings is 1. The Labute approximate surface area is 201 Å². The minimum absolute atomic E-state index is 0.00267. The van der Waals surface area contributed by atoms with Crippen molar-refractivity contribution in [3.8, 4) is 5.75 Å². The van der Waals surface area contributed by atoms with Gasteiger partial charge in [0.2, 0.25) is 5.95 Å². The molecule has 0 fully saturated rings. The average molecular weight is 478 g/mol. The Kier molecular flexibility index (Phi) is 7.06. The SMILES string of the molecule is CCc1cccc(OC[C@H](O)Cn2c(N/N=C\c3cccnc3)nc3c2c(=O)n(C)c(=O)n3C)c1. The minimum atomic E-state index is -0.970. The highest BCUT2D eigenvalue weighted by molar-refractivity contribution is 5.80. The summed E-state index contributed by atoms with van der Waals surface area (Å²) in [7, 11) is 2.93. The van der Waals surface area contributed by atoms with E-state index in [0.717, 1.165) is 22.1 Å².